The number of nitrogens with zero attached hydrogens (tertiary/aromatic N) is 3. The molecule has 0 saturated carbocycles. The largest absolute Gasteiger partial charge is 0.351 e. The number of hydrogen-bond donors (Lipinski definition) is 4. The van der Waals surface area contributed by atoms with Crippen molar-refractivity contribution in [3.05, 3.63) is 108 Å². The van der Waals surface area contributed by atoms with Crippen molar-refractivity contribution in [2.45, 2.75) is 5.92 Å². The van der Waals surface area contributed by atoms with Gasteiger partial charge in [0.2, 0.25) is 11.9 Å². The summed E-state index contributed by atoms with van der Waals surface area (Å²) in [5, 5.41) is 8.14. The zero-order chi connectivity index (χ0) is 26.8. The molecule has 6 rings (SSSR count). The van der Waals surface area contributed by atoms with E-state index in [-0.39, 0.29) is 18.4 Å². The first-order valence-corrected chi connectivity index (χ1v) is 12.6. The number of hydrogen-bond acceptors (Lipinski definition) is 5. The summed E-state index contributed by atoms with van der Waals surface area (Å²) < 4.78 is 0. The normalized spacial score (nSPS) is 11.9. The van der Waals surface area contributed by atoms with Crippen molar-refractivity contribution >= 4 is 51.2 Å². The van der Waals surface area contributed by atoms with Crippen molar-refractivity contribution in [1.29, 1.82) is 0 Å². The fourth-order valence-corrected chi connectivity index (χ4v) is 4.69. The predicted octanol–water partition coefficient (Wildman–Crippen LogP) is 5.31. The van der Waals surface area contributed by atoms with Crippen LogP contribution in [0.2, 0.25) is 5.02 Å². The SMILES string of the molecule is O=C(NCC(C(=O)Nc1ncc[nH]1)c1ccccc1Cl)c1ccc2nc(-c3cc4ccccc4cn3)[nH]c2c1. The summed E-state index contributed by atoms with van der Waals surface area (Å²) in [6, 6.07) is 22.2. The van der Waals surface area contributed by atoms with E-state index in [2.05, 4.69) is 35.6 Å². The Kier molecular flexibility index (Phi) is 6.48. The number of pyridine rings is 1. The first-order chi connectivity index (χ1) is 19.0. The number of fused-ring (bicyclic) bond motifs is 2. The lowest BCUT2D eigenvalue weighted by Crippen LogP contribution is -2.34. The number of imidazole rings is 2. The Balaban J connectivity index is 1.22. The lowest BCUT2D eigenvalue weighted by molar-refractivity contribution is -0.117. The molecule has 39 heavy (non-hydrogen) atoms. The van der Waals surface area contributed by atoms with E-state index in [1.165, 1.54) is 6.20 Å². The third-order valence-electron chi connectivity index (χ3n) is 6.42. The van der Waals surface area contributed by atoms with Crippen molar-refractivity contribution < 1.29 is 9.59 Å². The number of benzene rings is 3. The standard InChI is InChI=1S/C29H22ClN7O2/c30-22-8-4-3-7-20(22)21(28(39)37-29-31-11-12-32-29)16-34-27(38)18-9-10-23-24(14-18)36-26(35-23)25-13-17-5-1-2-6-19(17)15-33-25/h1-15,21H,16H2,(H,34,38)(H,35,36)(H2,31,32,37,39). The van der Waals surface area contributed by atoms with E-state index in [1.54, 1.807) is 48.7 Å². The van der Waals surface area contributed by atoms with Crippen LogP contribution in [0, 0.1) is 0 Å². The smallest absolute Gasteiger partial charge is 0.251 e. The maximum absolute atomic E-state index is 13.1. The predicted molar refractivity (Wildman–Crippen MR) is 151 cm³/mol. The van der Waals surface area contributed by atoms with E-state index >= 15 is 0 Å². The van der Waals surface area contributed by atoms with Gasteiger partial charge in [0.25, 0.3) is 5.91 Å². The Morgan fingerprint density at radius 1 is 0.949 bits per heavy atom. The molecule has 10 heteroatoms. The number of carbonyl (C=O) groups is 2. The number of amides is 2. The van der Waals surface area contributed by atoms with E-state index in [0.717, 1.165) is 10.8 Å². The molecule has 0 spiro atoms. The molecule has 2 amide bonds. The summed E-state index contributed by atoms with van der Waals surface area (Å²) in [6.45, 7) is 0.0301. The molecule has 4 N–H and O–H groups in total. The number of carbonyl (C=O) groups excluding carboxylic acids is 2. The van der Waals surface area contributed by atoms with Gasteiger partial charge in [-0.15, -0.1) is 0 Å². The lowest BCUT2D eigenvalue weighted by atomic mass is 9.97. The number of aromatic nitrogens is 5. The molecular weight excluding hydrogens is 514 g/mol. The molecule has 9 nitrogen and oxygen atoms in total. The summed E-state index contributed by atoms with van der Waals surface area (Å²) in [6.07, 6.45) is 4.96. The highest BCUT2D eigenvalue weighted by atomic mass is 35.5. The topological polar surface area (TPSA) is 128 Å². The van der Waals surface area contributed by atoms with Crippen LogP contribution in [0.3, 0.4) is 0 Å². The fourth-order valence-electron chi connectivity index (χ4n) is 4.42. The molecule has 0 bridgehead atoms. The number of anilines is 1. The molecule has 0 saturated heterocycles. The molecule has 0 aliphatic carbocycles. The summed E-state index contributed by atoms with van der Waals surface area (Å²) in [4.78, 5) is 45.6. The highest BCUT2D eigenvalue weighted by Gasteiger charge is 2.25. The molecule has 0 radical (unpaired) electrons. The van der Waals surface area contributed by atoms with E-state index in [4.69, 9.17) is 11.6 Å². The molecule has 1 atom stereocenters. The molecule has 0 aliphatic heterocycles. The van der Waals surface area contributed by atoms with Gasteiger partial charge in [0, 0.05) is 41.1 Å². The number of aromatic amines is 2. The summed E-state index contributed by atoms with van der Waals surface area (Å²) >= 11 is 6.40. The third-order valence-corrected chi connectivity index (χ3v) is 6.77. The van der Waals surface area contributed by atoms with Crippen molar-refractivity contribution in [3.8, 4) is 11.5 Å². The summed E-state index contributed by atoms with van der Waals surface area (Å²) in [5.74, 6) is -0.504. The van der Waals surface area contributed by atoms with Crippen LogP contribution >= 0.6 is 11.6 Å². The van der Waals surface area contributed by atoms with Gasteiger partial charge in [-0.05, 0) is 41.3 Å². The first-order valence-electron chi connectivity index (χ1n) is 12.2. The second-order valence-electron chi connectivity index (χ2n) is 8.95. The molecule has 3 heterocycles. The average molecular weight is 536 g/mol. The molecule has 1 unspecified atom stereocenters. The number of H-pyrrole nitrogens is 2. The van der Waals surface area contributed by atoms with E-state index in [9.17, 15) is 9.59 Å². The maximum atomic E-state index is 13.1. The Labute approximate surface area is 227 Å². The Morgan fingerprint density at radius 3 is 2.59 bits per heavy atom. The molecule has 6 aromatic rings. The first kappa shape index (κ1) is 24.3. The van der Waals surface area contributed by atoms with Crippen LogP contribution in [0.25, 0.3) is 33.3 Å². The second-order valence-corrected chi connectivity index (χ2v) is 9.35. The number of nitrogens with one attached hydrogen (secondary N) is 4. The minimum absolute atomic E-state index is 0.0301. The van der Waals surface area contributed by atoms with Crippen LogP contribution in [0.4, 0.5) is 5.95 Å². The number of rotatable bonds is 7. The molecule has 3 aromatic heterocycles. The highest BCUT2D eigenvalue weighted by molar-refractivity contribution is 6.31. The average Bonchev–Trinajstić information content (AvgIpc) is 3.63. The van der Waals surface area contributed by atoms with Crippen molar-refractivity contribution in [2.24, 2.45) is 0 Å². The van der Waals surface area contributed by atoms with Gasteiger partial charge in [0.1, 0.15) is 5.69 Å². The van der Waals surface area contributed by atoms with Crippen LogP contribution in [-0.4, -0.2) is 43.3 Å². The van der Waals surface area contributed by atoms with E-state index in [1.807, 2.05) is 36.5 Å². The van der Waals surface area contributed by atoms with Crippen LogP contribution in [0.5, 0.6) is 0 Å². The zero-order valence-electron chi connectivity index (χ0n) is 20.5. The highest BCUT2D eigenvalue weighted by Crippen LogP contribution is 2.26. The van der Waals surface area contributed by atoms with Crippen molar-refractivity contribution in [1.82, 2.24) is 30.2 Å². The van der Waals surface area contributed by atoms with E-state index in [0.29, 0.717) is 44.6 Å². The molecule has 3 aromatic carbocycles. The Morgan fingerprint density at radius 2 is 1.77 bits per heavy atom. The van der Waals surface area contributed by atoms with Gasteiger partial charge in [-0.2, -0.15) is 0 Å². The van der Waals surface area contributed by atoms with Crippen molar-refractivity contribution in [3.63, 3.8) is 0 Å². The van der Waals surface area contributed by atoms with Gasteiger partial charge < -0.3 is 15.3 Å². The monoisotopic (exact) mass is 535 g/mol. The molecule has 192 valence electrons. The van der Waals surface area contributed by atoms with Crippen LogP contribution < -0.4 is 10.6 Å². The van der Waals surface area contributed by atoms with Crippen LogP contribution in [-0.2, 0) is 4.79 Å². The van der Waals surface area contributed by atoms with Gasteiger partial charge >= 0.3 is 0 Å². The van der Waals surface area contributed by atoms with Crippen LogP contribution in [0.15, 0.2) is 91.4 Å². The second kappa shape index (κ2) is 10.4. The Hall–Kier alpha value is -5.02. The van der Waals surface area contributed by atoms with Crippen molar-refractivity contribution in [2.75, 3.05) is 11.9 Å². The van der Waals surface area contributed by atoms with Gasteiger partial charge in [-0.1, -0.05) is 54.1 Å². The minimum Gasteiger partial charge on any atom is -0.351 e. The van der Waals surface area contributed by atoms with Gasteiger partial charge in [-0.3, -0.25) is 19.9 Å². The number of halogens is 1. The summed E-state index contributed by atoms with van der Waals surface area (Å²) in [5.41, 5.74) is 3.14. The van der Waals surface area contributed by atoms with Gasteiger partial charge in [-0.25, -0.2) is 9.97 Å². The lowest BCUT2D eigenvalue weighted by Gasteiger charge is -2.18. The van der Waals surface area contributed by atoms with Gasteiger partial charge in [0.15, 0.2) is 5.82 Å². The van der Waals surface area contributed by atoms with E-state index < -0.39 is 5.92 Å². The molecular formula is C29H22ClN7O2. The zero-order valence-corrected chi connectivity index (χ0v) is 21.2. The maximum Gasteiger partial charge on any atom is 0.251 e. The van der Waals surface area contributed by atoms with Crippen LogP contribution in [0.1, 0.15) is 21.8 Å². The molecule has 0 fully saturated rings. The fraction of sp³-hybridized carbons (Fsp3) is 0.0690. The minimum atomic E-state index is -0.741. The summed E-state index contributed by atoms with van der Waals surface area (Å²) in [7, 11) is 0. The third kappa shape index (κ3) is 5.07. The Bertz CT molecular complexity index is 1810. The van der Waals surface area contributed by atoms with Gasteiger partial charge in [0.05, 0.1) is 17.0 Å². The molecule has 0 aliphatic rings. The quantitative estimate of drug-likeness (QED) is 0.220.